The van der Waals surface area contributed by atoms with Crippen LogP contribution in [0.2, 0.25) is 0 Å². The van der Waals surface area contributed by atoms with Gasteiger partial charge in [0.05, 0.1) is 25.6 Å². The number of carbonyl (C=O) groups is 2. The maximum atomic E-state index is 14.2. The number of fused-ring (bicyclic) bond motifs is 1. The van der Waals surface area contributed by atoms with Crippen LogP contribution in [-0.2, 0) is 26.1 Å². The number of methoxy groups -OCH3 is 1. The standard InChI is InChI=1S/C22H22N2O7S/c1-30-21(27)17-14-24(18-6-3-2-5-15(18)13-23-17)32(28,29)22(10-8-16(25)9-11-22)20(26)19-7-4-12-31-19/h2-10,12,17,23,25H,11,13-14H2,1H3. The lowest BCUT2D eigenvalue weighted by Gasteiger charge is -2.36. The molecule has 0 saturated heterocycles. The summed E-state index contributed by atoms with van der Waals surface area (Å²) in [4.78, 5) is 25.8. The van der Waals surface area contributed by atoms with Gasteiger partial charge in [-0.15, -0.1) is 0 Å². The quantitative estimate of drug-likeness (QED) is 0.515. The number of Topliss-reactive ketones (excluding diaryl/α,β-unsaturated/α-hetero) is 1. The summed E-state index contributed by atoms with van der Waals surface area (Å²) in [5, 5.41) is 12.9. The van der Waals surface area contributed by atoms with Crippen molar-refractivity contribution in [1.82, 2.24) is 5.32 Å². The van der Waals surface area contributed by atoms with Gasteiger partial charge in [0.2, 0.25) is 5.78 Å². The van der Waals surface area contributed by atoms with Crippen LogP contribution in [0.4, 0.5) is 5.69 Å². The van der Waals surface area contributed by atoms with Crippen LogP contribution in [0.3, 0.4) is 0 Å². The van der Waals surface area contributed by atoms with Crippen molar-refractivity contribution in [3.8, 4) is 0 Å². The van der Waals surface area contributed by atoms with Crippen LogP contribution in [0.15, 0.2) is 71.1 Å². The molecule has 4 rings (SSSR count). The van der Waals surface area contributed by atoms with Gasteiger partial charge in [-0.2, -0.15) is 0 Å². The van der Waals surface area contributed by atoms with Crippen molar-refractivity contribution in [3.63, 3.8) is 0 Å². The number of ketones is 1. The normalized spacial score (nSPS) is 23.1. The van der Waals surface area contributed by atoms with E-state index in [2.05, 4.69) is 5.32 Å². The van der Waals surface area contributed by atoms with Crippen LogP contribution in [0, 0.1) is 0 Å². The van der Waals surface area contributed by atoms with Crippen molar-refractivity contribution in [2.75, 3.05) is 18.0 Å². The fraction of sp³-hybridized carbons (Fsp3) is 0.273. The molecular formula is C22H22N2O7S. The van der Waals surface area contributed by atoms with E-state index in [1.165, 1.54) is 43.7 Å². The second-order valence-electron chi connectivity index (χ2n) is 7.48. The summed E-state index contributed by atoms with van der Waals surface area (Å²) in [6, 6.07) is 8.74. The van der Waals surface area contributed by atoms with E-state index in [1.54, 1.807) is 24.3 Å². The van der Waals surface area contributed by atoms with Crippen molar-refractivity contribution >= 4 is 27.5 Å². The Bertz CT molecular complexity index is 1200. The number of benzene rings is 1. The second kappa shape index (κ2) is 8.29. The average Bonchev–Trinajstić information content (AvgIpc) is 3.26. The van der Waals surface area contributed by atoms with E-state index in [0.717, 1.165) is 4.31 Å². The van der Waals surface area contributed by atoms with Gasteiger partial charge in [-0.1, -0.05) is 18.2 Å². The number of para-hydroxylation sites is 1. The predicted molar refractivity (Wildman–Crippen MR) is 116 cm³/mol. The van der Waals surface area contributed by atoms with E-state index in [9.17, 15) is 23.1 Å². The number of rotatable bonds is 5. The van der Waals surface area contributed by atoms with Crippen LogP contribution in [0.5, 0.6) is 0 Å². The van der Waals surface area contributed by atoms with Crippen molar-refractivity contribution in [2.24, 2.45) is 0 Å². The number of nitrogens with one attached hydrogen (secondary N) is 1. The molecule has 0 spiro atoms. The van der Waals surface area contributed by atoms with Gasteiger partial charge in [-0.05, 0) is 42.0 Å². The number of aliphatic hydroxyl groups excluding tert-OH is 1. The SMILES string of the molecule is COC(=O)C1CN(S(=O)(=O)C2(C(=O)c3ccco3)C=CC(O)=CC2)c2ccccc2CN1. The maximum Gasteiger partial charge on any atom is 0.324 e. The fourth-order valence-corrected chi connectivity index (χ4v) is 5.94. The monoisotopic (exact) mass is 458 g/mol. The second-order valence-corrected chi connectivity index (χ2v) is 9.60. The summed E-state index contributed by atoms with van der Waals surface area (Å²) < 4.78 is 37.5. The Balaban J connectivity index is 1.88. The van der Waals surface area contributed by atoms with E-state index in [1.807, 2.05) is 0 Å². The zero-order valence-corrected chi connectivity index (χ0v) is 18.0. The minimum absolute atomic E-state index is 0.126. The van der Waals surface area contributed by atoms with Gasteiger partial charge in [0, 0.05) is 13.0 Å². The molecule has 2 N–H and O–H groups in total. The number of furan rings is 1. The molecule has 32 heavy (non-hydrogen) atoms. The number of ether oxygens (including phenoxy) is 1. The van der Waals surface area contributed by atoms with Gasteiger partial charge < -0.3 is 14.3 Å². The number of anilines is 1. The molecule has 9 nitrogen and oxygen atoms in total. The summed E-state index contributed by atoms with van der Waals surface area (Å²) >= 11 is 0. The van der Waals surface area contributed by atoms with Gasteiger partial charge >= 0.3 is 5.97 Å². The van der Waals surface area contributed by atoms with Crippen LogP contribution < -0.4 is 9.62 Å². The van der Waals surface area contributed by atoms with Gasteiger partial charge in [0.15, 0.2) is 10.5 Å². The Morgan fingerprint density at radius 2 is 2.03 bits per heavy atom. The number of hydrogen-bond acceptors (Lipinski definition) is 8. The minimum Gasteiger partial charge on any atom is -0.508 e. The lowest BCUT2D eigenvalue weighted by molar-refractivity contribution is -0.142. The highest BCUT2D eigenvalue weighted by molar-refractivity contribution is 7.95. The van der Waals surface area contributed by atoms with Crippen molar-refractivity contribution in [2.45, 2.75) is 23.8 Å². The number of nitrogens with zero attached hydrogens (tertiary/aromatic N) is 1. The molecule has 0 amide bonds. The lowest BCUT2D eigenvalue weighted by atomic mass is 9.93. The van der Waals surface area contributed by atoms with Crippen molar-refractivity contribution in [3.05, 3.63) is 78.0 Å². The summed E-state index contributed by atoms with van der Waals surface area (Å²) in [5.74, 6) is -1.67. The zero-order chi connectivity index (χ0) is 22.9. The smallest absolute Gasteiger partial charge is 0.324 e. The number of allylic oxidation sites excluding steroid dienone is 2. The summed E-state index contributed by atoms with van der Waals surface area (Å²) in [7, 11) is -3.25. The van der Waals surface area contributed by atoms with Crippen LogP contribution in [0.1, 0.15) is 22.5 Å². The molecule has 0 bridgehead atoms. The highest BCUT2D eigenvalue weighted by Crippen LogP contribution is 2.39. The van der Waals surface area contributed by atoms with Gasteiger partial charge in [-0.3, -0.25) is 19.2 Å². The molecule has 0 radical (unpaired) electrons. The molecule has 0 fully saturated rings. The number of aliphatic hydroxyl groups is 1. The number of carbonyl (C=O) groups excluding carboxylic acids is 2. The maximum absolute atomic E-state index is 14.2. The molecule has 2 aromatic rings. The first kappa shape index (κ1) is 21.8. The van der Waals surface area contributed by atoms with E-state index < -0.39 is 32.6 Å². The van der Waals surface area contributed by atoms with Crippen molar-refractivity contribution in [1.29, 1.82) is 0 Å². The first-order valence-corrected chi connectivity index (χ1v) is 11.3. The van der Waals surface area contributed by atoms with Crippen LogP contribution in [0.25, 0.3) is 0 Å². The van der Waals surface area contributed by atoms with E-state index in [0.29, 0.717) is 11.3 Å². The molecule has 10 heteroatoms. The van der Waals surface area contributed by atoms with Gasteiger partial charge in [0.25, 0.3) is 10.0 Å². The van der Waals surface area contributed by atoms with E-state index >= 15 is 0 Å². The van der Waals surface area contributed by atoms with Crippen molar-refractivity contribution < 1.29 is 32.3 Å². The summed E-state index contributed by atoms with van der Waals surface area (Å²) in [6.45, 7) is -0.0413. The van der Waals surface area contributed by atoms with E-state index in [4.69, 9.17) is 9.15 Å². The highest BCUT2D eigenvalue weighted by Gasteiger charge is 2.54. The molecule has 1 aromatic heterocycles. The molecule has 168 valence electrons. The van der Waals surface area contributed by atoms with Crippen LogP contribution >= 0.6 is 0 Å². The Kier molecular flexibility index (Phi) is 5.66. The Hall–Kier alpha value is -3.37. The molecule has 1 aliphatic carbocycles. The molecular weight excluding hydrogens is 436 g/mol. The van der Waals surface area contributed by atoms with E-state index in [-0.39, 0.29) is 31.0 Å². The third-order valence-electron chi connectivity index (χ3n) is 5.65. The highest BCUT2D eigenvalue weighted by atomic mass is 32.2. The molecule has 1 aromatic carbocycles. The van der Waals surface area contributed by atoms with Gasteiger partial charge in [0.1, 0.15) is 11.8 Å². The number of hydrogen-bond donors (Lipinski definition) is 2. The van der Waals surface area contributed by atoms with Gasteiger partial charge in [-0.25, -0.2) is 8.42 Å². The summed E-state index contributed by atoms with van der Waals surface area (Å²) in [6.07, 6.45) is 4.62. The first-order chi connectivity index (χ1) is 15.3. The largest absolute Gasteiger partial charge is 0.508 e. The molecule has 2 unspecified atom stereocenters. The number of sulfonamides is 1. The molecule has 1 aliphatic heterocycles. The minimum atomic E-state index is -4.47. The molecule has 2 heterocycles. The Morgan fingerprint density at radius 1 is 1.25 bits per heavy atom. The number of esters is 1. The Morgan fingerprint density at radius 3 is 2.69 bits per heavy atom. The first-order valence-electron chi connectivity index (χ1n) is 9.88. The fourth-order valence-electron chi connectivity index (χ4n) is 3.90. The predicted octanol–water partition coefficient (Wildman–Crippen LogP) is 2.08. The zero-order valence-electron chi connectivity index (χ0n) is 17.2. The Labute approximate surface area is 185 Å². The average molecular weight is 458 g/mol. The van der Waals surface area contributed by atoms with Crippen LogP contribution in [-0.4, -0.2) is 49.7 Å². The molecule has 0 saturated carbocycles. The third kappa shape index (κ3) is 3.51. The molecule has 2 aliphatic rings. The lowest BCUT2D eigenvalue weighted by Crippen LogP contribution is -2.56. The topological polar surface area (TPSA) is 126 Å². The third-order valence-corrected chi connectivity index (χ3v) is 7.99. The summed E-state index contributed by atoms with van der Waals surface area (Å²) in [5.41, 5.74) is 0.992. The molecule has 2 atom stereocenters.